The number of anilines is 1. The number of carbonyl (C=O) groups is 2. The summed E-state index contributed by atoms with van der Waals surface area (Å²) in [6.07, 6.45) is 0. The van der Waals surface area contributed by atoms with Crippen LogP contribution in [0, 0.1) is 0 Å². The number of halogens is 1. The van der Waals surface area contributed by atoms with Crippen molar-refractivity contribution in [1.82, 2.24) is 20.1 Å². The maximum absolute atomic E-state index is 12.5. The molecule has 2 N–H and O–H groups in total. The van der Waals surface area contributed by atoms with Crippen molar-refractivity contribution in [2.75, 3.05) is 11.1 Å². The van der Waals surface area contributed by atoms with Crippen LogP contribution in [0.15, 0.2) is 71.9 Å². The lowest BCUT2D eigenvalue weighted by Gasteiger charge is -2.13. The molecule has 0 aliphatic rings. The number of hydrogen-bond acceptors (Lipinski definition) is 5. The Bertz CT molecular complexity index is 1310. The number of thioether (sulfide) groups is 1. The number of nitrogens with zero attached hydrogens (tertiary/aromatic N) is 3. The van der Waals surface area contributed by atoms with E-state index in [1.165, 1.54) is 11.8 Å². The highest BCUT2D eigenvalue weighted by molar-refractivity contribution is 7.99. The lowest BCUT2D eigenvalue weighted by atomic mass is 10.1. The molecule has 9 heteroatoms. The zero-order valence-corrected chi connectivity index (χ0v) is 19.7. The van der Waals surface area contributed by atoms with E-state index in [-0.39, 0.29) is 23.6 Å². The SMILES string of the molecule is C[C@@H](NC(=O)c1ccc(Cl)cc1)c1nnc(SCC(=O)Nc2ccc3ccccc3c2)n1C. The van der Waals surface area contributed by atoms with E-state index in [1.54, 1.807) is 28.8 Å². The molecule has 33 heavy (non-hydrogen) atoms. The zero-order chi connectivity index (χ0) is 23.4. The number of aromatic nitrogens is 3. The molecule has 168 valence electrons. The molecule has 0 aliphatic carbocycles. The van der Waals surface area contributed by atoms with Crippen LogP contribution in [0.5, 0.6) is 0 Å². The Morgan fingerprint density at radius 2 is 1.76 bits per heavy atom. The van der Waals surface area contributed by atoms with Crippen LogP contribution in [0.3, 0.4) is 0 Å². The molecule has 4 rings (SSSR count). The van der Waals surface area contributed by atoms with E-state index in [2.05, 4.69) is 20.8 Å². The topological polar surface area (TPSA) is 88.9 Å². The van der Waals surface area contributed by atoms with Crippen molar-refractivity contribution in [1.29, 1.82) is 0 Å². The summed E-state index contributed by atoms with van der Waals surface area (Å²) >= 11 is 7.16. The van der Waals surface area contributed by atoms with E-state index in [9.17, 15) is 9.59 Å². The third-order valence-electron chi connectivity index (χ3n) is 5.08. The molecule has 0 radical (unpaired) electrons. The van der Waals surface area contributed by atoms with E-state index < -0.39 is 0 Å². The number of carbonyl (C=O) groups excluding carboxylic acids is 2. The molecule has 3 aromatic carbocycles. The third kappa shape index (κ3) is 5.53. The summed E-state index contributed by atoms with van der Waals surface area (Å²) in [6.45, 7) is 1.83. The third-order valence-corrected chi connectivity index (χ3v) is 6.35. The van der Waals surface area contributed by atoms with E-state index in [1.807, 2.05) is 56.4 Å². The number of rotatable bonds is 7. The van der Waals surface area contributed by atoms with Gasteiger partial charge in [0.2, 0.25) is 5.91 Å². The molecule has 0 bridgehead atoms. The van der Waals surface area contributed by atoms with E-state index >= 15 is 0 Å². The zero-order valence-electron chi connectivity index (χ0n) is 18.1. The van der Waals surface area contributed by atoms with Gasteiger partial charge in [0.15, 0.2) is 11.0 Å². The molecule has 0 saturated carbocycles. The molecule has 2 amide bonds. The van der Waals surface area contributed by atoms with E-state index in [0.29, 0.717) is 21.6 Å². The molecule has 0 unspecified atom stereocenters. The van der Waals surface area contributed by atoms with Gasteiger partial charge in [0.1, 0.15) is 0 Å². The quantitative estimate of drug-likeness (QED) is 0.370. The lowest BCUT2D eigenvalue weighted by Crippen LogP contribution is -2.28. The molecule has 1 aromatic heterocycles. The Morgan fingerprint density at radius 3 is 2.52 bits per heavy atom. The maximum atomic E-state index is 12.5. The summed E-state index contributed by atoms with van der Waals surface area (Å²) in [7, 11) is 1.81. The Hall–Kier alpha value is -3.36. The Kier molecular flexibility index (Phi) is 6.96. The van der Waals surface area contributed by atoms with Crippen LogP contribution in [0.2, 0.25) is 5.02 Å². The van der Waals surface area contributed by atoms with E-state index in [0.717, 1.165) is 16.5 Å². The second-order valence-electron chi connectivity index (χ2n) is 7.50. The first-order valence-corrected chi connectivity index (χ1v) is 11.6. The highest BCUT2D eigenvalue weighted by atomic mass is 35.5. The first-order chi connectivity index (χ1) is 15.9. The summed E-state index contributed by atoms with van der Waals surface area (Å²) in [6, 6.07) is 20.1. The fraction of sp³-hybridized carbons (Fsp3) is 0.167. The van der Waals surface area contributed by atoms with Gasteiger partial charge in [-0.25, -0.2) is 0 Å². The molecular formula is C24H22ClN5O2S. The van der Waals surface area contributed by atoms with Crippen LogP contribution in [-0.2, 0) is 11.8 Å². The molecule has 1 heterocycles. The van der Waals surface area contributed by atoms with Crippen LogP contribution in [0.1, 0.15) is 29.1 Å². The maximum Gasteiger partial charge on any atom is 0.251 e. The average Bonchev–Trinajstić information content (AvgIpc) is 3.18. The van der Waals surface area contributed by atoms with Gasteiger partial charge in [0, 0.05) is 23.3 Å². The predicted octanol–water partition coefficient (Wildman–Crippen LogP) is 4.84. The first kappa shape index (κ1) is 22.8. The summed E-state index contributed by atoms with van der Waals surface area (Å²) in [4.78, 5) is 24.9. The number of fused-ring (bicyclic) bond motifs is 1. The van der Waals surface area contributed by atoms with Gasteiger partial charge in [-0.1, -0.05) is 53.7 Å². The lowest BCUT2D eigenvalue weighted by molar-refractivity contribution is -0.113. The van der Waals surface area contributed by atoms with Crippen molar-refractivity contribution in [3.05, 3.63) is 83.1 Å². The summed E-state index contributed by atoms with van der Waals surface area (Å²) in [5, 5.41) is 17.5. The molecule has 0 fully saturated rings. The monoisotopic (exact) mass is 479 g/mol. The molecule has 0 spiro atoms. The van der Waals surface area contributed by atoms with Crippen molar-refractivity contribution in [3.8, 4) is 0 Å². The van der Waals surface area contributed by atoms with Crippen LogP contribution in [-0.4, -0.2) is 32.3 Å². The number of benzene rings is 3. The largest absolute Gasteiger partial charge is 0.342 e. The van der Waals surface area contributed by atoms with Gasteiger partial charge in [0.05, 0.1) is 11.8 Å². The molecule has 0 saturated heterocycles. The van der Waals surface area contributed by atoms with Gasteiger partial charge >= 0.3 is 0 Å². The minimum atomic E-state index is -0.369. The van der Waals surface area contributed by atoms with Crippen molar-refractivity contribution >= 4 is 51.6 Å². The minimum Gasteiger partial charge on any atom is -0.342 e. The average molecular weight is 480 g/mol. The standard InChI is InChI=1S/C24H22ClN5O2S/c1-15(26-23(32)17-7-10-19(25)11-8-17)22-28-29-24(30(22)2)33-14-21(31)27-20-12-9-16-5-3-4-6-18(16)13-20/h3-13,15H,14H2,1-2H3,(H,26,32)(H,27,31)/t15-/m1/s1. The highest BCUT2D eigenvalue weighted by Crippen LogP contribution is 2.22. The van der Waals surface area contributed by atoms with Gasteiger partial charge in [-0.15, -0.1) is 10.2 Å². The van der Waals surface area contributed by atoms with Gasteiger partial charge in [-0.2, -0.15) is 0 Å². The molecule has 4 aromatic rings. The predicted molar refractivity (Wildman–Crippen MR) is 132 cm³/mol. The Labute approximate surface area is 200 Å². The van der Waals surface area contributed by atoms with Gasteiger partial charge < -0.3 is 15.2 Å². The van der Waals surface area contributed by atoms with Crippen molar-refractivity contribution in [2.24, 2.45) is 7.05 Å². The van der Waals surface area contributed by atoms with Crippen LogP contribution in [0.4, 0.5) is 5.69 Å². The smallest absolute Gasteiger partial charge is 0.251 e. The molecule has 7 nitrogen and oxygen atoms in total. The molecule has 1 atom stereocenters. The molecular weight excluding hydrogens is 458 g/mol. The number of amides is 2. The van der Waals surface area contributed by atoms with Gasteiger partial charge in [-0.3, -0.25) is 9.59 Å². The summed E-state index contributed by atoms with van der Waals surface area (Å²) in [5.41, 5.74) is 1.25. The second kappa shape index (κ2) is 10.1. The molecule has 0 aliphatic heterocycles. The van der Waals surface area contributed by atoms with Gasteiger partial charge in [0.25, 0.3) is 5.91 Å². The first-order valence-electron chi connectivity index (χ1n) is 10.3. The Morgan fingerprint density at radius 1 is 1.03 bits per heavy atom. The van der Waals surface area contributed by atoms with Crippen molar-refractivity contribution in [3.63, 3.8) is 0 Å². The normalized spacial score (nSPS) is 11.8. The minimum absolute atomic E-state index is 0.135. The highest BCUT2D eigenvalue weighted by Gasteiger charge is 2.19. The van der Waals surface area contributed by atoms with Crippen LogP contribution >= 0.6 is 23.4 Å². The number of hydrogen-bond donors (Lipinski definition) is 2. The van der Waals surface area contributed by atoms with Crippen LogP contribution < -0.4 is 10.6 Å². The fourth-order valence-electron chi connectivity index (χ4n) is 3.37. The number of nitrogens with one attached hydrogen (secondary N) is 2. The second-order valence-corrected chi connectivity index (χ2v) is 8.88. The Balaban J connectivity index is 1.34. The van der Waals surface area contributed by atoms with Gasteiger partial charge in [-0.05, 0) is 54.1 Å². The summed E-state index contributed by atoms with van der Waals surface area (Å²) in [5.74, 6) is 0.412. The van der Waals surface area contributed by atoms with E-state index in [4.69, 9.17) is 11.6 Å². The summed E-state index contributed by atoms with van der Waals surface area (Å²) < 4.78 is 1.78. The van der Waals surface area contributed by atoms with Crippen molar-refractivity contribution in [2.45, 2.75) is 18.1 Å². The fourth-order valence-corrected chi connectivity index (χ4v) is 4.21. The van der Waals surface area contributed by atoms with Crippen LogP contribution in [0.25, 0.3) is 10.8 Å². The van der Waals surface area contributed by atoms with Crippen molar-refractivity contribution < 1.29 is 9.59 Å².